The first kappa shape index (κ1) is 24.8. The summed E-state index contributed by atoms with van der Waals surface area (Å²) >= 11 is 0. The van der Waals surface area contributed by atoms with Crippen LogP contribution in [0.5, 0.6) is 5.75 Å². The number of carbonyl (C=O) groups is 1. The van der Waals surface area contributed by atoms with E-state index in [2.05, 4.69) is 64.1 Å². The largest absolute Gasteiger partial charge is 0.493 e. The van der Waals surface area contributed by atoms with E-state index in [0.717, 1.165) is 95.3 Å². The lowest BCUT2D eigenvalue weighted by molar-refractivity contribution is -0.383. The van der Waals surface area contributed by atoms with E-state index in [1.54, 1.807) is 0 Å². The van der Waals surface area contributed by atoms with Gasteiger partial charge >= 0.3 is 6.01 Å². The van der Waals surface area contributed by atoms with Crippen LogP contribution in [0.3, 0.4) is 0 Å². The quantitative estimate of drug-likeness (QED) is 0.536. The van der Waals surface area contributed by atoms with Gasteiger partial charge in [-0.1, -0.05) is 32.1 Å². The predicted molar refractivity (Wildman–Crippen MR) is 140 cm³/mol. The van der Waals surface area contributed by atoms with Crippen LogP contribution in [0.15, 0.2) is 34.9 Å². The van der Waals surface area contributed by atoms with Gasteiger partial charge in [0.15, 0.2) is 0 Å². The van der Waals surface area contributed by atoms with Crippen molar-refractivity contribution >= 4 is 17.5 Å². The molecule has 7 nitrogen and oxygen atoms in total. The minimum atomic E-state index is 0.167. The first-order valence-corrected chi connectivity index (χ1v) is 13.9. The number of amides is 1. The average Bonchev–Trinajstić information content (AvgIpc) is 3.44. The number of likely N-dealkylation sites (tertiary alicyclic amines) is 1. The third-order valence-corrected chi connectivity index (χ3v) is 8.05. The first-order chi connectivity index (χ1) is 17.6. The summed E-state index contributed by atoms with van der Waals surface area (Å²) in [6, 6.07) is 9.29. The number of benzene rings is 1. The molecule has 1 amide bonds. The summed E-state index contributed by atoms with van der Waals surface area (Å²) in [6.07, 6.45) is 10.8. The van der Waals surface area contributed by atoms with E-state index >= 15 is 0 Å². The molecule has 1 N–H and O–H groups in total. The second kappa shape index (κ2) is 11.5. The van der Waals surface area contributed by atoms with Gasteiger partial charge in [0.1, 0.15) is 5.75 Å². The Kier molecular flexibility index (Phi) is 7.93. The number of nitrogens with zero attached hydrogens (tertiary/aromatic N) is 3. The Morgan fingerprint density at radius 3 is 2.47 bits per heavy atom. The molecule has 1 aliphatic carbocycles. The van der Waals surface area contributed by atoms with E-state index in [4.69, 9.17) is 9.26 Å². The number of H-pyrrole nitrogens is 1. The summed E-state index contributed by atoms with van der Waals surface area (Å²) in [5.74, 6) is 3.25. The lowest BCUT2D eigenvalue weighted by Gasteiger charge is -2.31. The first-order valence-electron chi connectivity index (χ1n) is 13.9. The minimum Gasteiger partial charge on any atom is -0.493 e. The molecule has 2 aromatic rings. The smallest absolute Gasteiger partial charge is 0.435 e. The molecule has 3 aliphatic rings. The van der Waals surface area contributed by atoms with Crippen molar-refractivity contribution < 1.29 is 19.0 Å². The number of piperidine rings is 2. The van der Waals surface area contributed by atoms with Gasteiger partial charge in [-0.15, -0.1) is 0 Å². The predicted octanol–water partition coefficient (Wildman–Crippen LogP) is 5.10. The van der Waals surface area contributed by atoms with Crippen LogP contribution in [0.1, 0.15) is 82.5 Å². The van der Waals surface area contributed by atoms with Gasteiger partial charge in [-0.25, -0.2) is 9.51 Å². The molecule has 0 radical (unpaired) electrons. The maximum atomic E-state index is 12.8. The Hall–Kier alpha value is -2.83. The lowest BCUT2D eigenvalue weighted by atomic mass is 9.85. The zero-order valence-electron chi connectivity index (χ0n) is 21.9. The van der Waals surface area contributed by atoms with Gasteiger partial charge in [0.25, 0.3) is 5.82 Å². The Balaban J connectivity index is 1.06. The summed E-state index contributed by atoms with van der Waals surface area (Å²) in [7, 11) is 0. The van der Waals surface area contributed by atoms with Crippen molar-refractivity contribution in [3.05, 3.63) is 41.7 Å². The molecule has 194 valence electrons. The van der Waals surface area contributed by atoms with Crippen LogP contribution in [0.4, 0.5) is 6.01 Å². The molecule has 1 aromatic heterocycles. The van der Waals surface area contributed by atoms with Crippen LogP contribution < -0.4 is 14.6 Å². The molecule has 3 heterocycles. The van der Waals surface area contributed by atoms with E-state index < -0.39 is 0 Å². The Morgan fingerprint density at radius 2 is 1.83 bits per heavy atom. The number of hydrogen-bond donors (Lipinski definition) is 0. The fraction of sp³-hybridized carbons (Fsp3) is 0.621. The molecule has 0 bridgehead atoms. The van der Waals surface area contributed by atoms with Crippen molar-refractivity contribution in [3.8, 4) is 5.75 Å². The van der Waals surface area contributed by atoms with Crippen LogP contribution in [0.25, 0.3) is 5.57 Å². The Bertz CT molecular complexity index is 1030. The van der Waals surface area contributed by atoms with Crippen LogP contribution in [-0.4, -0.2) is 48.7 Å². The van der Waals surface area contributed by atoms with Crippen LogP contribution in [0.2, 0.25) is 0 Å². The molecule has 1 atom stereocenters. The number of aromatic amines is 1. The average molecular weight is 494 g/mol. The van der Waals surface area contributed by atoms with Gasteiger partial charge in [-0.2, -0.15) is 0 Å². The van der Waals surface area contributed by atoms with Crippen LogP contribution in [0, 0.1) is 11.8 Å². The van der Waals surface area contributed by atoms with Gasteiger partial charge < -0.3 is 9.64 Å². The van der Waals surface area contributed by atoms with Crippen molar-refractivity contribution in [2.45, 2.75) is 71.1 Å². The molecule has 1 unspecified atom stereocenters. The standard InChI is InChI=1S/C29H40N4O3/c1-21(2)27-30-29(36-31-27)33-18-14-22(15-19-33)20-35-26-12-10-24(11-13-26)23-6-8-25(9-7-23)28(34)32-16-4-3-5-17-32/h6,10-13,21-22,25H,3-5,7-9,14-20H2,1-2H3/p+1. The molecule has 7 heteroatoms. The zero-order chi connectivity index (χ0) is 24.9. The highest BCUT2D eigenvalue weighted by Crippen LogP contribution is 2.32. The Labute approximate surface area is 214 Å². The number of ether oxygens (including phenoxy) is 1. The minimum absolute atomic E-state index is 0.167. The molecular weight excluding hydrogens is 452 g/mol. The normalized spacial score (nSPS) is 21.5. The second-order valence-corrected chi connectivity index (χ2v) is 11.0. The highest BCUT2D eigenvalue weighted by atomic mass is 16.5. The number of allylic oxidation sites excluding steroid dienone is 2. The second-order valence-electron chi connectivity index (χ2n) is 11.0. The maximum Gasteiger partial charge on any atom is 0.435 e. The van der Waals surface area contributed by atoms with Gasteiger partial charge in [0.2, 0.25) is 5.91 Å². The summed E-state index contributed by atoms with van der Waals surface area (Å²) < 4.78 is 11.7. The summed E-state index contributed by atoms with van der Waals surface area (Å²) in [4.78, 5) is 20.5. The van der Waals surface area contributed by atoms with E-state index in [-0.39, 0.29) is 5.92 Å². The number of nitrogens with one attached hydrogen (secondary N) is 1. The summed E-state index contributed by atoms with van der Waals surface area (Å²) in [5, 5.41) is 4.14. The highest BCUT2D eigenvalue weighted by Gasteiger charge is 2.29. The third kappa shape index (κ3) is 5.93. The fourth-order valence-corrected chi connectivity index (χ4v) is 5.61. The van der Waals surface area contributed by atoms with E-state index in [1.165, 1.54) is 17.6 Å². The molecule has 1 aromatic carbocycles. The van der Waals surface area contributed by atoms with Gasteiger partial charge in [0, 0.05) is 24.9 Å². The molecule has 5 rings (SSSR count). The summed E-state index contributed by atoms with van der Waals surface area (Å²) in [6.45, 7) is 8.76. The number of aromatic nitrogens is 2. The molecule has 0 saturated carbocycles. The van der Waals surface area contributed by atoms with Crippen molar-refractivity contribution in [1.82, 2.24) is 10.1 Å². The van der Waals surface area contributed by atoms with Gasteiger partial charge in [-0.3, -0.25) is 9.69 Å². The molecule has 2 fully saturated rings. The molecule has 0 spiro atoms. The topological polar surface area (TPSA) is 73.0 Å². The molecule has 2 saturated heterocycles. The SMILES string of the molecule is CC(C)c1noc(N2CCC(COc3ccc(C4=CCC(C(=O)N5CCCCC5)CC4)cc3)CC2)[nH+]1. The third-order valence-electron chi connectivity index (χ3n) is 8.05. The molecule has 36 heavy (non-hydrogen) atoms. The fourth-order valence-electron chi connectivity index (χ4n) is 5.61. The zero-order valence-corrected chi connectivity index (χ0v) is 21.9. The van der Waals surface area contributed by atoms with E-state index in [0.29, 0.717) is 17.7 Å². The van der Waals surface area contributed by atoms with Gasteiger partial charge in [-0.05, 0) is 80.6 Å². The van der Waals surface area contributed by atoms with Crippen molar-refractivity contribution in [1.29, 1.82) is 0 Å². The van der Waals surface area contributed by atoms with Crippen molar-refractivity contribution in [2.24, 2.45) is 11.8 Å². The number of rotatable bonds is 7. The highest BCUT2D eigenvalue weighted by molar-refractivity contribution is 5.80. The maximum absolute atomic E-state index is 12.8. The van der Waals surface area contributed by atoms with Crippen molar-refractivity contribution in [2.75, 3.05) is 37.7 Å². The molecule has 2 aliphatic heterocycles. The molecular formula is C29H41N4O3+. The summed E-state index contributed by atoms with van der Waals surface area (Å²) in [5.41, 5.74) is 2.62. The Morgan fingerprint density at radius 1 is 1.08 bits per heavy atom. The van der Waals surface area contributed by atoms with Gasteiger partial charge in [0.05, 0.1) is 24.9 Å². The monoisotopic (exact) mass is 493 g/mol. The van der Waals surface area contributed by atoms with E-state index in [9.17, 15) is 4.79 Å². The number of carbonyl (C=O) groups excluding carboxylic acids is 1. The van der Waals surface area contributed by atoms with Crippen LogP contribution in [-0.2, 0) is 4.79 Å². The number of hydrogen-bond acceptors (Lipinski definition) is 5. The van der Waals surface area contributed by atoms with E-state index in [1.807, 2.05) is 0 Å². The lowest BCUT2D eigenvalue weighted by Crippen LogP contribution is -2.40. The number of anilines is 1. The van der Waals surface area contributed by atoms with Crippen molar-refractivity contribution in [3.63, 3.8) is 0 Å². The van der Waals surface area contributed by atoms with Crippen LogP contribution >= 0.6 is 0 Å².